The third kappa shape index (κ3) is 5.84. The summed E-state index contributed by atoms with van der Waals surface area (Å²) in [5.74, 6) is 0.673. The summed E-state index contributed by atoms with van der Waals surface area (Å²) in [4.78, 5) is 12.7. The Bertz CT molecular complexity index is 1130. The van der Waals surface area contributed by atoms with Gasteiger partial charge in [-0.3, -0.25) is 14.4 Å². The van der Waals surface area contributed by atoms with Gasteiger partial charge in [0.05, 0.1) is 17.7 Å². The highest BCUT2D eigenvalue weighted by atomic mass is 32.2. The molecule has 31 heavy (non-hydrogen) atoms. The number of carbonyl (C=O) groups is 1. The minimum Gasteiger partial charge on any atom is -0.497 e. The average Bonchev–Trinajstić information content (AvgIpc) is 3.23. The lowest BCUT2D eigenvalue weighted by Gasteiger charge is -2.23. The molecule has 3 aromatic rings. The topological polar surface area (TPSA) is 101 Å². The number of methoxy groups -OCH3 is 1. The molecular weight excluding hydrogens is 456 g/mol. The summed E-state index contributed by atoms with van der Waals surface area (Å²) >= 11 is 2.65. The molecule has 2 aromatic carbocycles. The van der Waals surface area contributed by atoms with Crippen molar-refractivity contribution in [3.63, 3.8) is 0 Å². The molecule has 11 heteroatoms. The molecule has 0 aliphatic carbocycles. The summed E-state index contributed by atoms with van der Waals surface area (Å²) < 4.78 is 33.4. The summed E-state index contributed by atoms with van der Waals surface area (Å²) in [6.07, 6.45) is 1.74. The number of hydrogen-bond donors (Lipinski definition) is 1. The number of nitrogens with zero attached hydrogens (tertiary/aromatic N) is 3. The van der Waals surface area contributed by atoms with Crippen molar-refractivity contribution in [1.29, 1.82) is 0 Å². The Morgan fingerprint density at radius 1 is 1.19 bits per heavy atom. The number of aromatic nitrogens is 2. The minimum atomic E-state index is -4.00. The lowest BCUT2D eigenvalue weighted by atomic mass is 10.3. The first-order valence-electron chi connectivity index (χ1n) is 9.03. The van der Waals surface area contributed by atoms with Crippen LogP contribution in [0.3, 0.4) is 0 Å². The second-order valence-corrected chi connectivity index (χ2v) is 10.2. The average molecular weight is 477 g/mol. The second-order valence-electron chi connectivity index (χ2n) is 6.04. The molecule has 1 aromatic heterocycles. The first-order chi connectivity index (χ1) is 14.9. The highest BCUT2D eigenvalue weighted by Gasteiger charge is 2.27. The molecule has 0 saturated heterocycles. The van der Waals surface area contributed by atoms with Crippen molar-refractivity contribution in [3.05, 3.63) is 67.3 Å². The smallest absolute Gasteiger partial charge is 0.264 e. The molecule has 1 amide bonds. The highest BCUT2D eigenvalue weighted by molar-refractivity contribution is 8.01. The molecular formula is C20H20N4O4S3. The van der Waals surface area contributed by atoms with E-state index >= 15 is 0 Å². The van der Waals surface area contributed by atoms with E-state index in [0.29, 0.717) is 26.7 Å². The van der Waals surface area contributed by atoms with E-state index in [1.165, 1.54) is 42.3 Å². The van der Waals surface area contributed by atoms with E-state index in [1.807, 2.05) is 0 Å². The monoisotopic (exact) mass is 476 g/mol. The molecule has 0 spiro atoms. The first kappa shape index (κ1) is 22.8. The van der Waals surface area contributed by atoms with Crippen LogP contribution >= 0.6 is 23.1 Å². The Hall–Kier alpha value is -2.89. The Morgan fingerprint density at radius 2 is 1.90 bits per heavy atom. The van der Waals surface area contributed by atoms with Crippen LogP contribution in [0.15, 0.2) is 76.5 Å². The van der Waals surface area contributed by atoms with Gasteiger partial charge in [-0.15, -0.1) is 16.8 Å². The van der Waals surface area contributed by atoms with Gasteiger partial charge in [0.25, 0.3) is 10.0 Å². The van der Waals surface area contributed by atoms with Crippen LogP contribution < -0.4 is 14.4 Å². The van der Waals surface area contributed by atoms with E-state index in [4.69, 9.17) is 4.74 Å². The van der Waals surface area contributed by atoms with E-state index in [-0.39, 0.29) is 4.90 Å². The molecule has 1 N–H and O–H groups in total. The van der Waals surface area contributed by atoms with Crippen molar-refractivity contribution in [2.45, 2.75) is 9.24 Å². The van der Waals surface area contributed by atoms with Crippen molar-refractivity contribution >= 4 is 49.8 Å². The van der Waals surface area contributed by atoms with Crippen LogP contribution in [0.25, 0.3) is 0 Å². The first-order valence-corrected chi connectivity index (χ1v) is 12.3. The zero-order chi connectivity index (χ0) is 22.3. The van der Waals surface area contributed by atoms with Gasteiger partial charge in [-0.05, 0) is 36.4 Å². The Labute approximate surface area is 189 Å². The molecule has 3 rings (SSSR count). The van der Waals surface area contributed by atoms with Crippen LogP contribution in [0.5, 0.6) is 5.75 Å². The standard InChI is InChI=1S/C20H20N4O4S3/c1-3-13-29-20-23-22-19(30-20)21-18(25)14-24(15-7-5-4-6-8-15)31(26,27)17-11-9-16(28-2)10-12-17/h3-12H,1,13-14H2,2H3,(H,21,22,25). The molecule has 0 aliphatic heterocycles. The van der Waals surface area contributed by atoms with Gasteiger partial charge >= 0.3 is 0 Å². The van der Waals surface area contributed by atoms with Crippen molar-refractivity contribution in [2.24, 2.45) is 0 Å². The number of nitrogens with one attached hydrogen (secondary N) is 1. The molecule has 162 valence electrons. The number of rotatable bonds is 10. The predicted octanol–water partition coefficient (Wildman–Crippen LogP) is 3.66. The summed E-state index contributed by atoms with van der Waals surface area (Å²) in [6, 6.07) is 14.4. The number of carbonyl (C=O) groups excluding carboxylic acids is 1. The van der Waals surface area contributed by atoms with Gasteiger partial charge in [0.2, 0.25) is 11.0 Å². The van der Waals surface area contributed by atoms with Crippen LogP contribution in [-0.4, -0.2) is 43.9 Å². The molecule has 0 bridgehead atoms. The third-order valence-electron chi connectivity index (χ3n) is 3.96. The molecule has 0 radical (unpaired) electrons. The van der Waals surface area contributed by atoms with E-state index < -0.39 is 22.5 Å². The second kappa shape index (κ2) is 10.4. The number of anilines is 2. The highest BCUT2D eigenvalue weighted by Crippen LogP contribution is 2.27. The number of thioether (sulfide) groups is 1. The van der Waals surface area contributed by atoms with Crippen molar-refractivity contribution in [1.82, 2.24) is 10.2 Å². The number of sulfonamides is 1. The van der Waals surface area contributed by atoms with E-state index in [0.717, 1.165) is 4.31 Å². The Balaban J connectivity index is 1.83. The SMILES string of the molecule is C=CCSc1nnc(NC(=O)CN(c2ccccc2)S(=O)(=O)c2ccc(OC)cc2)s1. The number of amides is 1. The summed E-state index contributed by atoms with van der Waals surface area (Å²) in [7, 11) is -2.51. The quantitative estimate of drug-likeness (QED) is 0.271. The normalized spacial score (nSPS) is 11.0. The maximum absolute atomic E-state index is 13.3. The number of ether oxygens (including phenoxy) is 1. The Morgan fingerprint density at radius 3 is 2.55 bits per heavy atom. The van der Waals surface area contributed by atoms with Gasteiger partial charge < -0.3 is 4.74 Å². The minimum absolute atomic E-state index is 0.0454. The van der Waals surface area contributed by atoms with Gasteiger partial charge in [0.15, 0.2) is 4.34 Å². The summed E-state index contributed by atoms with van der Waals surface area (Å²) in [5.41, 5.74) is 0.368. The maximum Gasteiger partial charge on any atom is 0.264 e. The molecule has 1 heterocycles. The van der Waals surface area contributed by atoms with Gasteiger partial charge in [-0.2, -0.15) is 0 Å². The lowest BCUT2D eigenvalue weighted by Crippen LogP contribution is -2.38. The zero-order valence-electron chi connectivity index (χ0n) is 16.6. The van der Waals surface area contributed by atoms with Crippen LogP contribution in [0, 0.1) is 0 Å². The fourth-order valence-electron chi connectivity index (χ4n) is 2.52. The zero-order valence-corrected chi connectivity index (χ0v) is 19.0. The van der Waals surface area contributed by atoms with Crippen molar-refractivity contribution in [2.75, 3.05) is 29.0 Å². The van der Waals surface area contributed by atoms with Gasteiger partial charge in [-0.1, -0.05) is 47.4 Å². The van der Waals surface area contributed by atoms with Crippen LogP contribution in [0.2, 0.25) is 0 Å². The van der Waals surface area contributed by atoms with Crippen LogP contribution in [0.4, 0.5) is 10.8 Å². The molecule has 0 unspecified atom stereocenters. The molecule has 0 saturated carbocycles. The molecule has 0 aliphatic rings. The van der Waals surface area contributed by atoms with E-state index in [2.05, 4.69) is 22.1 Å². The van der Waals surface area contributed by atoms with Crippen molar-refractivity contribution < 1.29 is 17.9 Å². The van der Waals surface area contributed by atoms with Gasteiger partial charge in [0, 0.05) is 5.75 Å². The molecule has 8 nitrogen and oxygen atoms in total. The molecule has 0 fully saturated rings. The fourth-order valence-corrected chi connectivity index (χ4v) is 5.47. The van der Waals surface area contributed by atoms with E-state index in [9.17, 15) is 13.2 Å². The predicted molar refractivity (Wildman–Crippen MR) is 123 cm³/mol. The number of hydrogen-bond acceptors (Lipinski definition) is 8. The van der Waals surface area contributed by atoms with Gasteiger partial charge in [-0.25, -0.2) is 8.42 Å². The van der Waals surface area contributed by atoms with Crippen molar-refractivity contribution in [3.8, 4) is 5.75 Å². The Kier molecular flexibility index (Phi) is 7.66. The lowest BCUT2D eigenvalue weighted by molar-refractivity contribution is -0.114. The van der Waals surface area contributed by atoms with Crippen LogP contribution in [-0.2, 0) is 14.8 Å². The summed E-state index contributed by atoms with van der Waals surface area (Å²) in [5, 5.41) is 10.8. The number of benzene rings is 2. The third-order valence-corrected chi connectivity index (χ3v) is 7.71. The summed E-state index contributed by atoms with van der Waals surface area (Å²) in [6.45, 7) is 3.22. The largest absolute Gasteiger partial charge is 0.497 e. The number of para-hydroxylation sites is 1. The van der Waals surface area contributed by atoms with E-state index in [1.54, 1.807) is 48.5 Å². The fraction of sp³-hybridized carbons (Fsp3) is 0.150. The molecule has 0 atom stereocenters. The van der Waals surface area contributed by atoms with Crippen LogP contribution in [0.1, 0.15) is 0 Å². The maximum atomic E-state index is 13.3. The van der Waals surface area contributed by atoms with Gasteiger partial charge in [0.1, 0.15) is 12.3 Å².